The molecule has 0 aromatic carbocycles. The van der Waals surface area contributed by atoms with E-state index in [1.54, 1.807) is 13.0 Å². The van der Waals surface area contributed by atoms with Gasteiger partial charge in [0.25, 0.3) is 0 Å². The molecule has 2 heteroatoms. The standard InChI is InChI=1S/C15H28O2/c1-4-6-7-8-9-10-11-12-13-17-15(16)14(3)5-2/h5H,4,6-13H2,1-3H3/b14-5-. The summed E-state index contributed by atoms with van der Waals surface area (Å²) < 4.78 is 5.13. The zero-order valence-electron chi connectivity index (χ0n) is 11.8. The molecule has 0 aromatic rings. The van der Waals surface area contributed by atoms with Gasteiger partial charge in [0.2, 0.25) is 0 Å². The summed E-state index contributed by atoms with van der Waals surface area (Å²) in [4.78, 5) is 11.3. The first-order valence-corrected chi connectivity index (χ1v) is 7.02. The Bertz CT molecular complexity index is 219. The topological polar surface area (TPSA) is 26.3 Å². The minimum Gasteiger partial charge on any atom is -0.462 e. The van der Waals surface area contributed by atoms with Crippen molar-refractivity contribution in [3.05, 3.63) is 11.6 Å². The van der Waals surface area contributed by atoms with Gasteiger partial charge in [0.1, 0.15) is 0 Å². The van der Waals surface area contributed by atoms with Gasteiger partial charge in [-0.1, -0.05) is 57.9 Å². The maximum Gasteiger partial charge on any atom is 0.333 e. The minimum absolute atomic E-state index is 0.171. The lowest BCUT2D eigenvalue weighted by Crippen LogP contribution is -2.06. The second kappa shape index (κ2) is 11.7. The molecular weight excluding hydrogens is 212 g/mol. The van der Waals surface area contributed by atoms with Gasteiger partial charge in [-0.15, -0.1) is 0 Å². The van der Waals surface area contributed by atoms with E-state index in [1.807, 2.05) is 6.92 Å². The Morgan fingerprint density at radius 3 is 2.06 bits per heavy atom. The van der Waals surface area contributed by atoms with Crippen molar-refractivity contribution in [3.8, 4) is 0 Å². The molecule has 0 saturated carbocycles. The molecule has 0 spiro atoms. The van der Waals surface area contributed by atoms with E-state index in [4.69, 9.17) is 4.74 Å². The molecule has 0 aromatic heterocycles. The van der Waals surface area contributed by atoms with Crippen LogP contribution in [0.2, 0.25) is 0 Å². The van der Waals surface area contributed by atoms with Crippen LogP contribution in [0.5, 0.6) is 0 Å². The zero-order valence-corrected chi connectivity index (χ0v) is 11.8. The monoisotopic (exact) mass is 240 g/mol. The molecule has 100 valence electrons. The molecule has 0 atom stereocenters. The van der Waals surface area contributed by atoms with Crippen molar-refractivity contribution in [1.82, 2.24) is 0 Å². The fourth-order valence-electron chi connectivity index (χ4n) is 1.63. The molecule has 0 fully saturated rings. The minimum atomic E-state index is -0.171. The normalized spacial score (nSPS) is 11.6. The van der Waals surface area contributed by atoms with Gasteiger partial charge >= 0.3 is 5.97 Å². The van der Waals surface area contributed by atoms with Gasteiger partial charge in [-0.05, 0) is 20.3 Å². The van der Waals surface area contributed by atoms with Gasteiger partial charge in [0, 0.05) is 5.57 Å². The number of esters is 1. The third-order valence-electron chi connectivity index (χ3n) is 2.99. The summed E-state index contributed by atoms with van der Waals surface area (Å²) in [6.07, 6.45) is 11.9. The Labute approximate surface area is 106 Å². The van der Waals surface area contributed by atoms with E-state index in [-0.39, 0.29) is 5.97 Å². The van der Waals surface area contributed by atoms with E-state index in [2.05, 4.69) is 6.92 Å². The molecule has 0 bridgehead atoms. The van der Waals surface area contributed by atoms with Crippen molar-refractivity contribution in [3.63, 3.8) is 0 Å². The van der Waals surface area contributed by atoms with Gasteiger partial charge in [-0.2, -0.15) is 0 Å². The third-order valence-corrected chi connectivity index (χ3v) is 2.99. The highest BCUT2D eigenvalue weighted by Gasteiger charge is 2.03. The second-order valence-corrected chi connectivity index (χ2v) is 4.58. The van der Waals surface area contributed by atoms with Gasteiger partial charge in [0.05, 0.1) is 6.61 Å². The van der Waals surface area contributed by atoms with E-state index in [1.165, 1.54) is 44.9 Å². The second-order valence-electron chi connectivity index (χ2n) is 4.58. The number of allylic oxidation sites excluding steroid dienone is 1. The molecule has 0 rings (SSSR count). The number of hydrogen-bond acceptors (Lipinski definition) is 2. The Hall–Kier alpha value is -0.790. The molecule has 17 heavy (non-hydrogen) atoms. The van der Waals surface area contributed by atoms with Crippen molar-refractivity contribution < 1.29 is 9.53 Å². The van der Waals surface area contributed by atoms with E-state index in [0.717, 1.165) is 6.42 Å². The smallest absolute Gasteiger partial charge is 0.333 e. The largest absolute Gasteiger partial charge is 0.462 e. The number of carbonyl (C=O) groups excluding carboxylic acids is 1. The highest BCUT2D eigenvalue weighted by molar-refractivity contribution is 5.87. The van der Waals surface area contributed by atoms with Crippen molar-refractivity contribution in [2.45, 2.75) is 72.1 Å². The average molecular weight is 240 g/mol. The summed E-state index contributed by atoms with van der Waals surface area (Å²) in [6, 6.07) is 0. The van der Waals surface area contributed by atoms with E-state index < -0.39 is 0 Å². The fourth-order valence-corrected chi connectivity index (χ4v) is 1.63. The van der Waals surface area contributed by atoms with Crippen LogP contribution in [0.25, 0.3) is 0 Å². The quantitative estimate of drug-likeness (QED) is 0.316. The fraction of sp³-hybridized carbons (Fsp3) is 0.800. The van der Waals surface area contributed by atoms with Crippen LogP contribution in [-0.4, -0.2) is 12.6 Å². The molecule has 0 heterocycles. The predicted molar refractivity (Wildman–Crippen MR) is 73.0 cm³/mol. The van der Waals surface area contributed by atoms with Crippen LogP contribution >= 0.6 is 0 Å². The van der Waals surface area contributed by atoms with Gasteiger partial charge < -0.3 is 4.74 Å². The Morgan fingerprint density at radius 2 is 1.53 bits per heavy atom. The average Bonchev–Trinajstić information content (AvgIpc) is 2.35. The van der Waals surface area contributed by atoms with Crippen molar-refractivity contribution in [2.24, 2.45) is 0 Å². The van der Waals surface area contributed by atoms with Crippen LogP contribution < -0.4 is 0 Å². The summed E-state index contributed by atoms with van der Waals surface area (Å²) in [5.74, 6) is -0.171. The van der Waals surface area contributed by atoms with Crippen molar-refractivity contribution in [1.29, 1.82) is 0 Å². The molecule has 0 unspecified atom stereocenters. The Morgan fingerprint density at radius 1 is 1.00 bits per heavy atom. The maximum absolute atomic E-state index is 11.3. The molecular formula is C15H28O2. The van der Waals surface area contributed by atoms with Crippen LogP contribution in [-0.2, 0) is 9.53 Å². The molecule has 0 saturated heterocycles. The summed E-state index contributed by atoms with van der Waals surface area (Å²) in [7, 11) is 0. The van der Waals surface area contributed by atoms with Crippen LogP contribution in [0.3, 0.4) is 0 Å². The van der Waals surface area contributed by atoms with Gasteiger partial charge in [-0.3, -0.25) is 0 Å². The molecule has 0 aliphatic carbocycles. The molecule has 0 N–H and O–H groups in total. The lowest BCUT2D eigenvalue weighted by molar-refractivity contribution is -0.139. The predicted octanol–water partition coefficient (Wildman–Crippen LogP) is 4.64. The first-order valence-electron chi connectivity index (χ1n) is 7.02. The number of ether oxygens (including phenoxy) is 1. The summed E-state index contributed by atoms with van der Waals surface area (Å²) in [5.41, 5.74) is 0.699. The molecule has 2 nitrogen and oxygen atoms in total. The number of carbonyl (C=O) groups is 1. The van der Waals surface area contributed by atoms with Crippen LogP contribution in [0.15, 0.2) is 11.6 Å². The van der Waals surface area contributed by atoms with Crippen LogP contribution in [0.1, 0.15) is 72.1 Å². The van der Waals surface area contributed by atoms with Crippen molar-refractivity contribution >= 4 is 5.97 Å². The highest BCUT2D eigenvalue weighted by atomic mass is 16.5. The first-order chi connectivity index (χ1) is 8.22. The van der Waals surface area contributed by atoms with Crippen LogP contribution in [0.4, 0.5) is 0 Å². The van der Waals surface area contributed by atoms with E-state index in [0.29, 0.717) is 12.2 Å². The van der Waals surface area contributed by atoms with Gasteiger partial charge in [-0.25, -0.2) is 4.79 Å². The van der Waals surface area contributed by atoms with Crippen molar-refractivity contribution in [2.75, 3.05) is 6.61 Å². The SMILES string of the molecule is C/C=C(/C)C(=O)OCCCCCCCCCC. The maximum atomic E-state index is 11.3. The zero-order chi connectivity index (χ0) is 12.9. The highest BCUT2D eigenvalue weighted by Crippen LogP contribution is 2.08. The third kappa shape index (κ3) is 10.1. The van der Waals surface area contributed by atoms with E-state index in [9.17, 15) is 4.79 Å². The number of rotatable bonds is 10. The molecule has 0 radical (unpaired) electrons. The summed E-state index contributed by atoms with van der Waals surface area (Å²) in [5, 5.41) is 0. The molecule has 0 amide bonds. The molecule has 0 aliphatic heterocycles. The number of hydrogen-bond donors (Lipinski definition) is 0. The number of unbranched alkanes of at least 4 members (excludes halogenated alkanes) is 7. The summed E-state index contributed by atoms with van der Waals surface area (Å²) in [6.45, 7) is 6.45. The Kier molecular flexibility index (Phi) is 11.1. The first kappa shape index (κ1) is 16.2. The Balaban J connectivity index is 3.21. The lowest BCUT2D eigenvalue weighted by Gasteiger charge is -2.04. The lowest BCUT2D eigenvalue weighted by atomic mass is 10.1. The van der Waals surface area contributed by atoms with Gasteiger partial charge in [0.15, 0.2) is 0 Å². The summed E-state index contributed by atoms with van der Waals surface area (Å²) >= 11 is 0. The van der Waals surface area contributed by atoms with E-state index >= 15 is 0 Å². The van der Waals surface area contributed by atoms with Crippen LogP contribution in [0, 0.1) is 0 Å². The molecule has 0 aliphatic rings.